The lowest BCUT2D eigenvalue weighted by atomic mass is 10.1. The average molecular weight is 324 g/mol. The summed E-state index contributed by atoms with van der Waals surface area (Å²) >= 11 is 0. The highest BCUT2D eigenvalue weighted by Gasteiger charge is 2.37. The van der Waals surface area contributed by atoms with Gasteiger partial charge in [0.05, 0.1) is 6.10 Å². The number of hydrogen-bond donors (Lipinski definition) is 0. The summed E-state index contributed by atoms with van der Waals surface area (Å²) in [7, 11) is 1.81. The highest BCUT2D eigenvalue weighted by molar-refractivity contribution is 5.50. The Bertz CT molecular complexity index is 720. The van der Waals surface area contributed by atoms with Crippen LogP contribution >= 0.6 is 0 Å². The van der Waals surface area contributed by atoms with Gasteiger partial charge in [-0.2, -0.15) is 0 Å². The molecule has 2 atom stereocenters. The van der Waals surface area contributed by atoms with E-state index in [4.69, 9.17) is 4.74 Å². The third-order valence-electron chi connectivity index (χ3n) is 5.22. The van der Waals surface area contributed by atoms with Crippen LogP contribution in [-0.2, 0) is 17.8 Å². The molecular weight excluding hydrogens is 300 g/mol. The molecule has 24 heavy (non-hydrogen) atoms. The maximum absolute atomic E-state index is 5.63. The first kappa shape index (κ1) is 15.5. The molecule has 0 amide bonds. The van der Waals surface area contributed by atoms with E-state index in [0.717, 1.165) is 44.1 Å². The lowest BCUT2D eigenvalue weighted by molar-refractivity contribution is 0.115. The minimum absolute atomic E-state index is 0.296. The van der Waals surface area contributed by atoms with Gasteiger partial charge in [0.15, 0.2) is 0 Å². The summed E-state index contributed by atoms with van der Waals surface area (Å²) in [6.07, 6.45) is 5.12. The third kappa shape index (κ3) is 2.89. The third-order valence-corrected chi connectivity index (χ3v) is 5.22. The van der Waals surface area contributed by atoms with Gasteiger partial charge in [-0.1, -0.05) is 12.1 Å². The molecule has 2 aliphatic heterocycles. The molecule has 5 nitrogen and oxygen atoms in total. The minimum Gasteiger partial charge on any atom is -0.380 e. The summed E-state index contributed by atoms with van der Waals surface area (Å²) in [5.74, 6) is 1.13. The predicted molar refractivity (Wildman–Crippen MR) is 93.9 cm³/mol. The summed E-state index contributed by atoms with van der Waals surface area (Å²) < 4.78 is 5.63. The van der Waals surface area contributed by atoms with Crippen molar-refractivity contribution in [1.82, 2.24) is 14.9 Å². The van der Waals surface area contributed by atoms with Gasteiger partial charge in [0.25, 0.3) is 0 Å². The number of aromatic nitrogens is 2. The van der Waals surface area contributed by atoms with Crippen LogP contribution < -0.4 is 4.90 Å². The number of rotatable bonds is 3. The second-order valence-electron chi connectivity index (χ2n) is 6.80. The fourth-order valence-corrected chi connectivity index (χ4v) is 3.94. The van der Waals surface area contributed by atoms with Crippen molar-refractivity contribution in [3.05, 3.63) is 53.5 Å². The molecule has 0 aliphatic carbocycles. The fourth-order valence-electron chi connectivity index (χ4n) is 3.94. The first-order chi connectivity index (χ1) is 11.7. The molecule has 0 N–H and O–H groups in total. The Balaban J connectivity index is 1.63. The number of methoxy groups -OCH3 is 1. The molecule has 126 valence electrons. The molecule has 0 aromatic carbocycles. The zero-order chi connectivity index (χ0) is 16.5. The quantitative estimate of drug-likeness (QED) is 0.867. The molecule has 0 bridgehead atoms. The van der Waals surface area contributed by atoms with Gasteiger partial charge in [0, 0.05) is 63.0 Å². The van der Waals surface area contributed by atoms with Gasteiger partial charge in [-0.3, -0.25) is 9.88 Å². The Morgan fingerprint density at radius 2 is 2.00 bits per heavy atom. The second-order valence-corrected chi connectivity index (χ2v) is 6.80. The van der Waals surface area contributed by atoms with E-state index in [2.05, 4.69) is 38.8 Å². The molecule has 2 aliphatic rings. The Labute approximate surface area is 143 Å². The molecule has 0 unspecified atom stereocenters. The van der Waals surface area contributed by atoms with Crippen LogP contribution in [0, 0.1) is 6.92 Å². The van der Waals surface area contributed by atoms with E-state index in [9.17, 15) is 0 Å². The van der Waals surface area contributed by atoms with Crippen molar-refractivity contribution in [2.45, 2.75) is 38.6 Å². The van der Waals surface area contributed by atoms with Crippen LogP contribution in [-0.4, -0.2) is 47.2 Å². The maximum Gasteiger partial charge on any atom is 0.133 e. The number of anilines is 1. The van der Waals surface area contributed by atoms with Crippen LogP contribution in [0.15, 0.2) is 36.7 Å². The van der Waals surface area contributed by atoms with Gasteiger partial charge in [-0.15, -0.1) is 0 Å². The summed E-state index contributed by atoms with van der Waals surface area (Å²) in [6, 6.07) is 8.91. The number of nitrogens with zero attached hydrogens (tertiary/aromatic N) is 4. The number of aryl methyl sites for hydroxylation is 1. The molecule has 1 saturated heterocycles. The summed E-state index contributed by atoms with van der Waals surface area (Å²) in [5, 5.41) is 0. The van der Waals surface area contributed by atoms with Crippen LogP contribution in [0.5, 0.6) is 0 Å². The SMILES string of the molecule is CO[C@@H]1C[C@@H]2CN(Cc3cccnc3C)Cc3cccnc3N2C1. The Kier molecular flexibility index (Phi) is 4.21. The van der Waals surface area contributed by atoms with E-state index >= 15 is 0 Å². The van der Waals surface area contributed by atoms with Crippen molar-refractivity contribution in [2.24, 2.45) is 0 Å². The van der Waals surface area contributed by atoms with Gasteiger partial charge in [0.2, 0.25) is 0 Å². The Morgan fingerprint density at radius 3 is 2.83 bits per heavy atom. The monoisotopic (exact) mass is 324 g/mol. The summed E-state index contributed by atoms with van der Waals surface area (Å²) in [6.45, 7) is 5.92. The summed E-state index contributed by atoms with van der Waals surface area (Å²) in [5.41, 5.74) is 3.72. The van der Waals surface area contributed by atoms with E-state index in [1.807, 2.05) is 31.6 Å². The molecule has 5 heteroatoms. The number of pyridine rings is 2. The van der Waals surface area contributed by atoms with Crippen molar-refractivity contribution in [3.63, 3.8) is 0 Å². The largest absolute Gasteiger partial charge is 0.380 e. The van der Waals surface area contributed by atoms with Gasteiger partial charge < -0.3 is 9.64 Å². The Morgan fingerprint density at radius 1 is 1.17 bits per heavy atom. The van der Waals surface area contributed by atoms with Crippen LogP contribution in [0.1, 0.15) is 23.2 Å². The van der Waals surface area contributed by atoms with Crippen molar-refractivity contribution in [3.8, 4) is 0 Å². The van der Waals surface area contributed by atoms with Crippen LogP contribution in [0.3, 0.4) is 0 Å². The van der Waals surface area contributed by atoms with Crippen LogP contribution in [0.25, 0.3) is 0 Å². The number of hydrogen-bond acceptors (Lipinski definition) is 5. The molecule has 2 aromatic heterocycles. The fraction of sp³-hybridized carbons (Fsp3) is 0.474. The standard InChI is InChI=1S/C19H24N4O/c1-14-15(5-3-7-20-14)10-22-11-16-6-4-8-21-19(16)23-13-18(24-2)9-17(23)12-22/h3-8,17-18H,9-13H2,1-2H3/t17-,18-/m1/s1. The highest BCUT2D eigenvalue weighted by atomic mass is 16.5. The molecule has 0 radical (unpaired) electrons. The number of fused-ring (bicyclic) bond motifs is 3. The summed E-state index contributed by atoms with van der Waals surface area (Å²) in [4.78, 5) is 14.1. The van der Waals surface area contributed by atoms with E-state index in [1.54, 1.807) is 0 Å². The molecular formula is C19H24N4O. The minimum atomic E-state index is 0.296. The van der Waals surface area contributed by atoms with Crippen molar-refractivity contribution < 1.29 is 4.74 Å². The van der Waals surface area contributed by atoms with Crippen LogP contribution in [0.2, 0.25) is 0 Å². The molecule has 4 heterocycles. The van der Waals surface area contributed by atoms with Gasteiger partial charge in [-0.05, 0) is 31.0 Å². The second kappa shape index (κ2) is 6.49. The van der Waals surface area contributed by atoms with Gasteiger partial charge >= 0.3 is 0 Å². The average Bonchev–Trinajstić information content (AvgIpc) is 2.94. The van der Waals surface area contributed by atoms with Gasteiger partial charge in [-0.25, -0.2) is 4.98 Å². The maximum atomic E-state index is 5.63. The molecule has 0 saturated carbocycles. The normalized spacial score (nSPS) is 23.7. The predicted octanol–water partition coefficient (Wildman–Crippen LogP) is 2.39. The molecule has 0 spiro atoms. The Hall–Kier alpha value is -1.98. The zero-order valence-corrected chi connectivity index (χ0v) is 14.4. The zero-order valence-electron chi connectivity index (χ0n) is 14.4. The van der Waals surface area contributed by atoms with E-state index in [0.29, 0.717) is 12.1 Å². The van der Waals surface area contributed by atoms with Crippen molar-refractivity contribution in [2.75, 3.05) is 25.1 Å². The molecule has 4 rings (SSSR count). The van der Waals surface area contributed by atoms with E-state index in [1.165, 1.54) is 11.1 Å². The van der Waals surface area contributed by atoms with Gasteiger partial charge in [0.1, 0.15) is 5.82 Å². The smallest absolute Gasteiger partial charge is 0.133 e. The molecule has 1 fully saturated rings. The topological polar surface area (TPSA) is 41.5 Å². The highest BCUT2D eigenvalue weighted by Crippen LogP contribution is 2.32. The first-order valence-electron chi connectivity index (χ1n) is 8.61. The number of ether oxygens (including phenoxy) is 1. The lowest BCUT2D eigenvalue weighted by Crippen LogP contribution is -2.37. The van der Waals surface area contributed by atoms with Crippen molar-refractivity contribution >= 4 is 5.82 Å². The van der Waals surface area contributed by atoms with E-state index < -0.39 is 0 Å². The lowest BCUT2D eigenvalue weighted by Gasteiger charge is -2.26. The first-order valence-corrected chi connectivity index (χ1v) is 8.61. The van der Waals surface area contributed by atoms with Crippen LogP contribution in [0.4, 0.5) is 5.82 Å². The molecule has 2 aromatic rings. The van der Waals surface area contributed by atoms with Crippen molar-refractivity contribution in [1.29, 1.82) is 0 Å². The van der Waals surface area contributed by atoms with E-state index in [-0.39, 0.29) is 0 Å².